The molecular weight excluding hydrogens is 769 g/mol. The van der Waals surface area contributed by atoms with Gasteiger partial charge in [-0.1, -0.05) is 198 Å². The molecule has 2 unspecified atom stereocenters. The predicted octanol–water partition coefficient (Wildman–Crippen LogP) is 16.7. The van der Waals surface area contributed by atoms with Gasteiger partial charge in [0.2, 0.25) is 0 Å². The fourth-order valence-corrected chi connectivity index (χ4v) is 12.0. The largest absolute Gasteiger partial charge is 0.0760 e. The van der Waals surface area contributed by atoms with E-state index >= 15 is 0 Å². The Bertz CT molecular complexity index is 3510. The summed E-state index contributed by atoms with van der Waals surface area (Å²) in [6.45, 7) is 9.53. The normalized spacial score (nSPS) is 17.7. The summed E-state index contributed by atoms with van der Waals surface area (Å²) < 4.78 is 0. The molecule has 0 heteroatoms. The molecule has 4 aliphatic rings. The predicted molar refractivity (Wildman–Crippen MR) is 270 cm³/mol. The van der Waals surface area contributed by atoms with Crippen LogP contribution < -0.4 is 0 Å². The van der Waals surface area contributed by atoms with Gasteiger partial charge in [-0.05, 0) is 158 Å². The minimum Gasteiger partial charge on any atom is -0.0760 e. The van der Waals surface area contributed by atoms with Crippen LogP contribution in [0.25, 0.3) is 78.1 Å². The fourth-order valence-electron chi connectivity index (χ4n) is 12.0. The molecule has 0 aromatic heterocycles. The zero-order chi connectivity index (χ0) is 42.9. The first-order valence-electron chi connectivity index (χ1n) is 23.0. The van der Waals surface area contributed by atoms with E-state index in [9.17, 15) is 0 Å². The molecule has 0 saturated carbocycles. The topological polar surface area (TPSA) is 0 Å². The third-order valence-corrected chi connectivity index (χ3v) is 15.4. The molecule has 0 fully saturated rings. The van der Waals surface area contributed by atoms with Crippen LogP contribution in [0, 0.1) is 5.92 Å². The highest BCUT2D eigenvalue weighted by atomic mass is 14.4. The van der Waals surface area contributed by atoms with Crippen molar-refractivity contribution in [2.45, 2.75) is 44.4 Å². The Labute approximate surface area is 376 Å². The minimum absolute atomic E-state index is 0.0192. The SMILES string of the molecule is CC1(C)c2ccccc2-c2ccc(-c3ccc4c(c3)C(C)(C)c3cc(-c5ccc6cc(-c7cccc(C8=CC9C=Cc%10ccccc%10C9c9ccccc98)c7)ccc6c5)ccc3-4)cc21. The van der Waals surface area contributed by atoms with Gasteiger partial charge in [0.25, 0.3) is 0 Å². The molecule has 0 heterocycles. The number of hydrogen-bond donors (Lipinski definition) is 0. The van der Waals surface area contributed by atoms with E-state index in [1.165, 1.54) is 122 Å². The Hall–Kier alpha value is -7.28. The lowest BCUT2D eigenvalue weighted by molar-refractivity contribution is 0.659. The van der Waals surface area contributed by atoms with E-state index in [0.29, 0.717) is 11.8 Å². The molecule has 0 aliphatic heterocycles. The molecule has 0 N–H and O–H groups in total. The summed E-state index contributed by atoms with van der Waals surface area (Å²) in [4.78, 5) is 0. The van der Waals surface area contributed by atoms with E-state index in [-0.39, 0.29) is 10.8 Å². The van der Waals surface area contributed by atoms with Crippen molar-refractivity contribution in [2.75, 3.05) is 0 Å². The third-order valence-electron chi connectivity index (χ3n) is 15.4. The average Bonchev–Trinajstić information content (AvgIpc) is 3.71. The average molecular weight is 817 g/mol. The highest BCUT2D eigenvalue weighted by molar-refractivity contribution is 5.94. The van der Waals surface area contributed by atoms with Gasteiger partial charge in [-0.15, -0.1) is 0 Å². The molecule has 13 rings (SSSR count). The second-order valence-electron chi connectivity index (χ2n) is 19.6. The standard InChI is InChI=1S/C64H48/c1-63(2)58-19-10-9-17-52(58)53-29-27-46(37-59(53)63)47-28-31-55-54-30-26-45(36-60(54)64(3,4)61(55)38-47)44-24-23-42-32-41(21-22-43(42)33-44)40-13-11-14-48(34-40)57-35-49-25-20-39-12-5-6-15-50(39)62(49)56-18-8-7-16-51(56)57/h5-38,49,62H,1-4H3. The van der Waals surface area contributed by atoms with Gasteiger partial charge in [0.05, 0.1) is 0 Å². The van der Waals surface area contributed by atoms with Gasteiger partial charge in [-0.25, -0.2) is 0 Å². The highest BCUT2D eigenvalue weighted by Gasteiger charge is 2.38. The quantitative estimate of drug-likeness (QED) is 0.166. The molecular formula is C64H48. The molecule has 0 nitrogen and oxygen atoms in total. The summed E-state index contributed by atoms with van der Waals surface area (Å²) in [7, 11) is 0. The number of allylic oxidation sites excluding steroid dienone is 2. The lowest BCUT2D eigenvalue weighted by atomic mass is 9.68. The van der Waals surface area contributed by atoms with Crippen LogP contribution in [-0.2, 0) is 10.8 Å². The molecule has 9 aromatic carbocycles. The van der Waals surface area contributed by atoms with Crippen LogP contribution in [0.3, 0.4) is 0 Å². The van der Waals surface area contributed by atoms with E-state index in [1.807, 2.05) is 0 Å². The molecule has 64 heavy (non-hydrogen) atoms. The van der Waals surface area contributed by atoms with E-state index in [4.69, 9.17) is 0 Å². The van der Waals surface area contributed by atoms with E-state index in [0.717, 1.165) is 0 Å². The van der Waals surface area contributed by atoms with Crippen LogP contribution in [0.1, 0.15) is 83.7 Å². The molecule has 0 spiro atoms. The first kappa shape index (κ1) is 37.3. The highest BCUT2D eigenvalue weighted by Crippen LogP contribution is 2.53. The summed E-state index contributed by atoms with van der Waals surface area (Å²) in [5.41, 5.74) is 26.6. The van der Waals surface area contributed by atoms with Gasteiger partial charge >= 0.3 is 0 Å². The first-order chi connectivity index (χ1) is 31.2. The summed E-state index contributed by atoms with van der Waals surface area (Å²) in [5, 5.41) is 2.51. The molecule has 0 amide bonds. The number of rotatable bonds is 4. The van der Waals surface area contributed by atoms with Crippen LogP contribution in [0.4, 0.5) is 0 Å². The molecule has 0 bridgehead atoms. The lowest BCUT2D eigenvalue weighted by Gasteiger charge is -2.35. The summed E-state index contributed by atoms with van der Waals surface area (Å²) >= 11 is 0. The van der Waals surface area contributed by atoms with Crippen molar-refractivity contribution in [1.29, 1.82) is 0 Å². The maximum Gasteiger partial charge on any atom is 0.0199 e. The summed E-state index contributed by atoms with van der Waals surface area (Å²) in [5.74, 6) is 0.669. The molecule has 9 aromatic rings. The number of benzene rings is 9. The van der Waals surface area contributed by atoms with Crippen molar-refractivity contribution in [3.8, 4) is 55.6 Å². The van der Waals surface area contributed by atoms with E-state index in [1.54, 1.807) is 0 Å². The first-order valence-corrected chi connectivity index (χ1v) is 23.0. The van der Waals surface area contributed by atoms with Crippen molar-refractivity contribution in [1.82, 2.24) is 0 Å². The number of fused-ring (bicyclic) bond motifs is 12. The summed E-state index contributed by atoms with van der Waals surface area (Å²) in [6.07, 6.45) is 7.22. The van der Waals surface area contributed by atoms with Crippen LogP contribution in [0.2, 0.25) is 0 Å². The molecule has 2 atom stereocenters. The van der Waals surface area contributed by atoms with E-state index in [2.05, 4.69) is 234 Å². The molecule has 0 radical (unpaired) electrons. The van der Waals surface area contributed by atoms with Crippen LogP contribution in [-0.4, -0.2) is 0 Å². The van der Waals surface area contributed by atoms with Gasteiger partial charge in [0.15, 0.2) is 0 Å². The monoisotopic (exact) mass is 816 g/mol. The smallest absolute Gasteiger partial charge is 0.0199 e. The fraction of sp³-hybridized carbons (Fsp3) is 0.125. The number of hydrogen-bond acceptors (Lipinski definition) is 0. The van der Waals surface area contributed by atoms with Gasteiger partial charge in [-0.2, -0.15) is 0 Å². The third kappa shape index (κ3) is 5.48. The van der Waals surface area contributed by atoms with Crippen molar-refractivity contribution in [3.63, 3.8) is 0 Å². The van der Waals surface area contributed by atoms with Crippen LogP contribution in [0.5, 0.6) is 0 Å². The second kappa shape index (κ2) is 13.6. The van der Waals surface area contributed by atoms with Gasteiger partial charge in [0, 0.05) is 22.7 Å². The Morgan fingerprint density at radius 2 is 0.812 bits per heavy atom. The molecule has 304 valence electrons. The Kier molecular flexibility index (Phi) is 7.93. The Morgan fingerprint density at radius 1 is 0.344 bits per heavy atom. The zero-order valence-corrected chi connectivity index (χ0v) is 36.8. The maximum absolute atomic E-state index is 2.51. The van der Waals surface area contributed by atoms with Gasteiger partial charge in [-0.3, -0.25) is 0 Å². The molecule has 4 aliphatic carbocycles. The van der Waals surface area contributed by atoms with Crippen molar-refractivity contribution < 1.29 is 0 Å². The summed E-state index contributed by atoms with van der Waals surface area (Å²) in [6, 6.07) is 71.3. The Morgan fingerprint density at radius 3 is 1.45 bits per heavy atom. The van der Waals surface area contributed by atoms with Gasteiger partial charge < -0.3 is 0 Å². The van der Waals surface area contributed by atoms with E-state index < -0.39 is 0 Å². The minimum atomic E-state index is -0.126. The maximum atomic E-state index is 2.51. The second-order valence-corrected chi connectivity index (χ2v) is 19.6. The van der Waals surface area contributed by atoms with Crippen molar-refractivity contribution in [2.24, 2.45) is 5.92 Å². The van der Waals surface area contributed by atoms with Crippen LogP contribution >= 0.6 is 0 Å². The zero-order valence-electron chi connectivity index (χ0n) is 36.8. The molecule has 0 saturated heterocycles. The van der Waals surface area contributed by atoms with Crippen molar-refractivity contribution in [3.05, 3.63) is 250 Å². The Balaban J connectivity index is 0.792. The lowest BCUT2D eigenvalue weighted by Crippen LogP contribution is -2.20. The van der Waals surface area contributed by atoms with Gasteiger partial charge in [0.1, 0.15) is 0 Å². The van der Waals surface area contributed by atoms with Crippen LogP contribution in [0.15, 0.2) is 200 Å². The van der Waals surface area contributed by atoms with Crippen molar-refractivity contribution >= 4 is 22.4 Å².